The van der Waals surface area contributed by atoms with E-state index >= 15 is 0 Å². The van der Waals surface area contributed by atoms with Gasteiger partial charge >= 0.3 is 0 Å². The number of hydrogen-bond donors (Lipinski definition) is 1. The molecule has 8 nitrogen and oxygen atoms in total. The van der Waals surface area contributed by atoms with Gasteiger partial charge in [0.05, 0.1) is 0 Å². The van der Waals surface area contributed by atoms with Gasteiger partial charge in [0.25, 0.3) is 0 Å². The number of aryl methyl sites for hydroxylation is 1. The molecule has 1 N–H and O–H groups in total. The molecule has 27 heavy (non-hydrogen) atoms. The first-order valence-corrected chi connectivity index (χ1v) is 9.94. The van der Waals surface area contributed by atoms with Crippen LogP contribution in [0.1, 0.15) is 70.6 Å². The Morgan fingerprint density at radius 1 is 1.22 bits per heavy atom. The van der Waals surface area contributed by atoms with Crippen LogP contribution in [0.2, 0.25) is 0 Å². The predicted molar refractivity (Wildman–Crippen MR) is 103 cm³/mol. The smallest absolute Gasteiger partial charge is 0.236 e. The fourth-order valence-electron chi connectivity index (χ4n) is 4.14. The SMILES string of the molecule is CC.CC.Cc1nnc2cc(C34CCC(C3)C4)c(OCc3ncn[nH]3)nn12. The van der Waals surface area contributed by atoms with E-state index in [2.05, 4.69) is 36.5 Å². The van der Waals surface area contributed by atoms with Gasteiger partial charge in [0.2, 0.25) is 5.88 Å². The van der Waals surface area contributed by atoms with Crippen molar-refractivity contribution in [2.75, 3.05) is 0 Å². The van der Waals surface area contributed by atoms with Gasteiger partial charge in [-0.05, 0) is 44.6 Å². The number of rotatable bonds is 4. The maximum absolute atomic E-state index is 6.00. The van der Waals surface area contributed by atoms with Crippen molar-refractivity contribution in [1.82, 2.24) is 35.0 Å². The molecule has 0 radical (unpaired) electrons. The molecule has 3 saturated carbocycles. The number of fused-ring (bicyclic) bond motifs is 2. The number of nitrogens with one attached hydrogen (secondary N) is 1. The van der Waals surface area contributed by atoms with Gasteiger partial charge in [-0.15, -0.1) is 15.3 Å². The van der Waals surface area contributed by atoms with E-state index in [4.69, 9.17) is 4.74 Å². The molecule has 0 saturated heterocycles. The first-order chi connectivity index (χ1) is 13.2. The van der Waals surface area contributed by atoms with Crippen molar-refractivity contribution in [3.63, 3.8) is 0 Å². The Morgan fingerprint density at radius 3 is 2.63 bits per heavy atom. The van der Waals surface area contributed by atoms with Gasteiger partial charge in [-0.3, -0.25) is 5.10 Å². The highest BCUT2D eigenvalue weighted by Crippen LogP contribution is 2.61. The number of hydrogen-bond acceptors (Lipinski definition) is 6. The van der Waals surface area contributed by atoms with Crippen LogP contribution in [0.15, 0.2) is 12.4 Å². The van der Waals surface area contributed by atoms with Gasteiger partial charge in [-0.2, -0.15) is 9.61 Å². The molecule has 0 aliphatic heterocycles. The highest BCUT2D eigenvalue weighted by molar-refractivity contribution is 5.48. The van der Waals surface area contributed by atoms with Crippen LogP contribution in [-0.2, 0) is 12.0 Å². The van der Waals surface area contributed by atoms with Crippen molar-refractivity contribution in [1.29, 1.82) is 0 Å². The maximum Gasteiger partial charge on any atom is 0.236 e. The Balaban J connectivity index is 0.000000495. The zero-order chi connectivity index (χ0) is 19.4. The number of aromatic nitrogens is 7. The summed E-state index contributed by atoms with van der Waals surface area (Å²) >= 11 is 0. The van der Waals surface area contributed by atoms with Crippen LogP contribution >= 0.6 is 0 Å². The van der Waals surface area contributed by atoms with E-state index in [1.165, 1.54) is 37.6 Å². The molecule has 0 atom stereocenters. The van der Waals surface area contributed by atoms with Crippen LogP contribution in [0.4, 0.5) is 0 Å². The summed E-state index contributed by atoms with van der Waals surface area (Å²) in [6.07, 6.45) is 6.46. The van der Waals surface area contributed by atoms with E-state index in [0.717, 1.165) is 17.4 Å². The van der Waals surface area contributed by atoms with Gasteiger partial charge < -0.3 is 4.74 Å². The van der Waals surface area contributed by atoms with Crippen LogP contribution < -0.4 is 4.74 Å². The second-order valence-corrected chi connectivity index (χ2v) is 6.69. The third-order valence-corrected chi connectivity index (χ3v) is 5.29. The lowest BCUT2D eigenvalue weighted by atomic mass is 9.66. The Hall–Kier alpha value is -2.51. The Morgan fingerprint density at radius 2 is 2.00 bits per heavy atom. The number of aromatic amines is 1. The molecule has 146 valence electrons. The van der Waals surface area contributed by atoms with Gasteiger partial charge in [0.1, 0.15) is 12.9 Å². The number of ether oxygens (including phenoxy) is 1. The summed E-state index contributed by atoms with van der Waals surface area (Å²) in [5.41, 5.74) is 2.18. The normalized spacial score (nSPS) is 22.3. The fraction of sp³-hybridized carbons (Fsp3) is 0.632. The molecule has 6 rings (SSSR count). The molecule has 3 fully saturated rings. The first kappa shape index (κ1) is 19.3. The van der Waals surface area contributed by atoms with Crippen molar-refractivity contribution < 1.29 is 4.74 Å². The predicted octanol–water partition coefficient (Wildman–Crippen LogP) is 3.62. The number of H-pyrrole nitrogens is 1. The summed E-state index contributed by atoms with van der Waals surface area (Å²) in [7, 11) is 0. The Kier molecular flexibility index (Phi) is 5.72. The Bertz CT molecular complexity index is 860. The minimum atomic E-state index is 0.218. The fourth-order valence-corrected chi connectivity index (χ4v) is 4.14. The van der Waals surface area contributed by atoms with Crippen molar-refractivity contribution in [2.24, 2.45) is 5.92 Å². The van der Waals surface area contributed by atoms with E-state index in [0.29, 0.717) is 18.3 Å². The zero-order valence-corrected chi connectivity index (χ0v) is 16.9. The van der Waals surface area contributed by atoms with Crippen LogP contribution in [0.5, 0.6) is 5.88 Å². The summed E-state index contributed by atoms with van der Waals surface area (Å²) in [5.74, 6) is 2.98. The third kappa shape index (κ3) is 3.40. The molecule has 3 aliphatic rings. The number of nitrogens with zero attached hydrogens (tertiary/aromatic N) is 6. The second kappa shape index (κ2) is 8.02. The summed E-state index contributed by atoms with van der Waals surface area (Å²) in [4.78, 5) is 4.10. The van der Waals surface area contributed by atoms with Crippen molar-refractivity contribution in [3.8, 4) is 5.88 Å². The lowest BCUT2D eigenvalue weighted by molar-refractivity contribution is 0.218. The average molecular weight is 371 g/mol. The van der Waals surface area contributed by atoms with Crippen LogP contribution in [0.25, 0.3) is 5.65 Å². The summed E-state index contributed by atoms with van der Waals surface area (Å²) in [6, 6.07) is 2.10. The summed E-state index contributed by atoms with van der Waals surface area (Å²) in [5, 5.41) is 19.7. The molecule has 0 aromatic carbocycles. The molecule has 3 heterocycles. The zero-order valence-electron chi connectivity index (χ0n) is 16.9. The van der Waals surface area contributed by atoms with Gasteiger partial charge in [-0.1, -0.05) is 27.7 Å². The minimum absolute atomic E-state index is 0.218. The topological polar surface area (TPSA) is 93.9 Å². The molecule has 3 aromatic heterocycles. The van der Waals surface area contributed by atoms with E-state index in [-0.39, 0.29) is 5.41 Å². The van der Waals surface area contributed by atoms with E-state index in [9.17, 15) is 0 Å². The third-order valence-electron chi connectivity index (χ3n) is 5.29. The van der Waals surface area contributed by atoms with Crippen LogP contribution in [0.3, 0.4) is 0 Å². The molecule has 3 aromatic rings. The monoisotopic (exact) mass is 371 g/mol. The van der Waals surface area contributed by atoms with Gasteiger partial charge in [0, 0.05) is 11.0 Å². The summed E-state index contributed by atoms with van der Waals surface area (Å²) < 4.78 is 7.73. The molecule has 8 heteroatoms. The maximum atomic E-state index is 6.00. The quantitative estimate of drug-likeness (QED) is 0.753. The van der Waals surface area contributed by atoms with Crippen LogP contribution in [-0.4, -0.2) is 35.0 Å². The molecule has 0 amide bonds. The average Bonchev–Trinajstić information content (AvgIpc) is 3.48. The lowest BCUT2D eigenvalue weighted by Gasteiger charge is -2.39. The molecular formula is C19H29N7O. The van der Waals surface area contributed by atoms with E-state index in [1.807, 2.05) is 34.6 Å². The van der Waals surface area contributed by atoms with E-state index < -0.39 is 0 Å². The lowest BCUT2D eigenvalue weighted by Crippen LogP contribution is -2.33. The van der Waals surface area contributed by atoms with E-state index in [1.54, 1.807) is 4.52 Å². The summed E-state index contributed by atoms with van der Waals surface area (Å²) in [6.45, 7) is 10.2. The second-order valence-electron chi connectivity index (χ2n) is 6.69. The van der Waals surface area contributed by atoms with Crippen molar-refractivity contribution in [3.05, 3.63) is 29.6 Å². The highest BCUT2D eigenvalue weighted by atomic mass is 16.5. The highest BCUT2D eigenvalue weighted by Gasteiger charge is 2.53. The largest absolute Gasteiger partial charge is 0.468 e. The minimum Gasteiger partial charge on any atom is -0.468 e. The molecule has 0 spiro atoms. The Labute approximate surface area is 159 Å². The van der Waals surface area contributed by atoms with Gasteiger partial charge in [0.15, 0.2) is 17.3 Å². The standard InChI is InChI=1S/C15H17N7O.2C2H6/c1-9-18-20-13-4-11(15-3-2-10(5-15)6-15)14(21-22(9)13)23-7-12-16-8-17-19-12;2*1-2/h4,8,10H,2-3,5-7H2,1H3,(H,16,17,19);2*1-2H3. The van der Waals surface area contributed by atoms with Crippen molar-refractivity contribution in [2.45, 2.75) is 72.3 Å². The van der Waals surface area contributed by atoms with Gasteiger partial charge in [-0.25, -0.2) is 4.98 Å². The molecule has 2 bridgehead atoms. The van der Waals surface area contributed by atoms with Crippen LogP contribution in [0, 0.1) is 12.8 Å². The molecule has 3 aliphatic carbocycles. The van der Waals surface area contributed by atoms with Crippen molar-refractivity contribution >= 4 is 5.65 Å². The first-order valence-electron chi connectivity index (χ1n) is 9.94. The molecule has 0 unspecified atom stereocenters. The molecular weight excluding hydrogens is 342 g/mol.